The van der Waals surface area contributed by atoms with Crippen LogP contribution in [0.1, 0.15) is 27.2 Å². The molecule has 4 atom stereocenters. The molecule has 1 unspecified atom stereocenters. The molecule has 1 heterocycles. The van der Waals surface area contributed by atoms with Gasteiger partial charge in [0.15, 0.2) is 12.3 Å². The first-order valence-electron chi connectivity index (χ1n) is 5.09. The molecule has 0 N–H and O–H groups in total. The molecule has 0 amide bonds. The van der Waals surface area contributed by atoms with Gasteiger partial charge in [-0.05, 0) is 6.42 Å². The first-order valence-corrected chi connectivity index (χ1v) is 5.09. The smallest absolute Gasteiger partial charge is 0.305 e. The van der Waals surface area contributed by atoms with Crippen molar-refractivity contribution in [1.82, 2.24) is 0 Å². The third-order valence-corrected chi connectivity index (χ3v) is 2.23. The lowest BCUT2D eigenvalue weighted by Crippen LogP contribution is -2.36. The standard InChI is InChI=1S/C10H15FO5/c1-4-7-8(11)9(14-5(2)12)10(16-7)15-6(3)13/h7-10H,4H2,1-3H3/t7-,8-,9-,10?/m1/s1. The molecule has 0 spiro atoms. The molecule has 1 rings (SSSR count). The van der Waals surface area contributed by atoms with Crippen LogP contribution in [0.3, 0.4) is 0 Å². The number of alkyl halides is 1. The molecule has 1 fully saturated rings. The molecular weight excluding hydrogens is 219 g/mol. The van der Waals surface area contributed by atoms with Crippen LogP contribution in [0.5, 0.6) is 0 Å². The molecule has 0 bridgehead atoms. The summed E-state index contributed by atoms with van der Waals surface area (Å²) in [7, 11) is 0. The Balaban J connectivity index is 2.72. The van der Waals surface area contributed by atoms with Crippen LogP contribution in [0.15, 0.2) is 0 Å². The van der Waals surface area contributed by atoms with Gasteiger partial charge in [0.05, 0.1) is 6.10 Å². The molecule has 0 aliphatic carbocycles. The van der Waals surface area contributed by atoms with E-state index in [1.54, 1.807) is 6.92 Å². The van der Waals surface area contributed by atoms with Gasteiger partial charge in [0.25, 0.3) is 0 Å². The van der Waals surface area contributed by atoms with Crippen molar-refractivity contribution in [1.29, 1.82) is 0 Å². The number of esters is 2. The number of rotatable bonds is 3. The van der Waals surface area contributed by atoms with Gasteiger partial charge in [0.2, 0.25) is 6.29 Å². The minimum Gasteiger partial charge on any atom is -0.453 e. The van der Waals surface area contributed by atoms with E-state index in [0.29, 0.717) is 6.42 Å². The first kappa shape index (κ1) is 12.9. The van der Waals surface area contributed by atoms with Gasteiger partial charge >= 0.3 is 11.9 Å². The maximum Gasteiger partial charge on any atom is 0.305 e. The normalized spacial score (nSPS) is 33.5. The Hall–Kier alpha value is -1.17. The molecule has 1 saturated heterocycles. The lowest BCUT2D eigenvalue weighted by molar-refractivity contribution is -0.194. The Kier molecular flexibility index (Phi) is 4.23. The molecule has 1 aliphatic rings. The van der Waals surface area contributed by atoms with Crippen LogP contribution in [-0.2, 0) is 23.8 Å². The largest absolute Gasteiger partial charge is 0.453 e. The molecule has 5 nitrogen and oxygen atoms in total. The van der Waals surface area contributed by atoms with E-state index in [1.165, 1.54) is 6.92 Å². The first-order chi connectivity index (χ1) is 7.45. The Morgan fingerprint density at radius 1 is 1.25 bits per heavy atom. The van der Waals surface area contributed by atoms with E-state index in [0.717, 1.165) is 6.92 Å². The molecule has 1 aliphatic heterocycles. The van der Waals surface area contributed by atoms with Crippen molar-refractivity contribution in [2.75, 3.05) is 0 Å². The molecule has 92 valence electrons. The average Bonchev–Trinajstić information content (AvgIpc) is 2.44. The van der Waals surface area contributed by atoms with E-state index >= 15 is 0 Å². The molecule has 0 saturated carbocycles. The zero-order valence-electron chi connectivity index (χ0n) is 9.44. The maximum atomic E-state index is 13.7. The van der Waals surface area contributed by atoms with E-state index in [4.69, 9.17) is 14.2 Å². The third-order valence-electron chi connectivity index (χ3n) is 2.23. The fourth-order valence-corrected chi connectivity index (χ4v) is 1.58. The van der Waals surface area contributed by atoms with E-state index in [2.05, 4.69) is 0 Å². The predicted octanol–water partition coefficient (Wildman–Crippen LogP) is 0.954. The molecule has 6 heteroatoms. The van der Waals surface area contributed by atoms with Gasteiger partial charge < -0.3 is 14.2 Å². The molecule has 0 aromatic rings. The van der Waals surface area contributed by atoms with Gasteiger partial charge in [0.1, 0.15) is 0 Å². The van der Waals surface area contributed by atoms with Gasteiger partial charge in [-0.25, -0.2) is 4.39 Å². The van der Waals surface area contributed by atoms with Crippen LogP contribution in [0.2, 0.25) is 0 Å². The fourth-order valence-electron chi connectivity index (χ4n) is 1.58. The summed E-state index contributed by atoms with van der Waals surface area (Å²) < 4.78 is 28.4. The maximum absolute atomic E-state index is 13.7. The summed E-state index contributed by atoms with van der Waals surface area (Å²) in [5, 5.41) is 0. The average molecular weight is 234 g/mol. The van der Waals surface area contributed by atoms with Crippen molar-refractivity contribution in [2.24, 2.45) is 0 Å². The zero-order valence-corrected chi connectivity index (χ0v) is 9.44. The highest BCUT2D eigenvalue weighted by atomic mass is 19.1. The number of ether oxygens (including phenoxy) is 3. The van der Waals surface area contributed by atoms with Crippen molar-refractivity contribution in [3.05, 3.63) is 0 Å². The quantitative estimate of drug-likeness (QED) is 0.680. The van der Waals surface area contributed by atoms with Crippen molar-refractivity contribution < 1.29 is 28.2 Å². The minimum absolute atomic E-state index is 0.413. The van der Waals surface area contributed by atoms with Gasteiger partial charge in [0, 0.05) is 13.8 Å². The number of hydrogen-bond donors (Lipinski definition) is 0. The summed E-state index contributed by atoms with van der Waals surface area (Å²) in [6.07, 6.45) is -4.10. The van der Waals surface area contributed by atoms with Gasteiger partial charge in [-0.1, -0.05) is 6.92 Å². The molecule has 0 aromatic carbocycles. The minimum atomic E-state index is -1.47. The van der Waals surface area contributed by atoms with Crippen LogP contribution in [0, 0.1) is 0 Å². The number of halogens is 1. The number of carbonyl (C=O) groups excluding carboxylic acids is 2. The van der Waals surface area contributed by atoms with E-state index in [9.17, 15) is 14.0 Å². The van der Waals surface area contributed by atoms with Gasteiger partial charge in [-0.15, -0.1) is 0 Å². The third kappa shape index (κ3) is 2.91. The Bertz CT molecular complexity index is 280. The second-order valence-corrected chi connectivity index (χ2v) is 3.58. The second kappa shape index (κ2) is 5.25. The van der Waals surface area contributed by atoms with E-state index in [-0.39, 0.29) is 0 Å². The van der Waals surface area contributed by atoms with Crippen molar-refractivity contribution in [3.8, 4) is 0 Å². The summed E-state index contributed by atoms with van der Waals surface area (Å²) >= 11 is 0. The van der Waals surface area contributed by atoms with Crippen LogP contribution < -0.4 is 0 Å². The Morgan fingerprint density at radius 3 is 2.25 bits per heavy atom. The lowest BCUT2D eigenvalue weighted by atomic mass is 10.1. The van der Waals surface area contributed by atoms with Crippen LogP contribution >= 0.6 is 0 Å². The van der Waals surface area contributed by atoms with E-state index < -0.39 is 36.6 Å². The van der Waals surface area contributed by atoms with Crippen LogP contribution in [0.25, 0.3) is 0 Å². The monoisotopic (exact) mass is 234 g/mol. The van der Waals surface area contributed by atoms with E-state index in [1.807, 2.05) is 0 Å². The van der Waals surface area contributed by atoms with Crippen molar-refractivity contribution >= 4 is 11.9 Å². The number of carbonyl (C=O) groups is 2. The second-order valence-electron chi connectivity index (χ2n) is 3.58. The summed E-state index contributed by atoms with van der Waals surface area (Å²) in [5.41, 5.74) is 0. The molecule has 16 heavy (non-hydrogen) atoms. The summed E-state index contributed by atoms with van der Waals surface area (Å²) in [4.78, 5) is 21.6. The van der Waals surface area contributed by atoms with Gasteiger partial charge in [-0.2, -0.15) is 0 Å². The summed E-state index contributed by atoms with van der Waals surface area (Å²) in [6.45, 7) is 4.08. The van der Waals surface area contributed by atoms with Crippen molar-refractivity contribution in [2.45, 2.75) is 51.9 Å². The highest BCUT2D eigenvalue weighted by Crippen LogP contribution is 2.29. The topological polar surface area (TPSA) is 61.8 Å². The SMILES string of the molecule is CC[C@H]1OC(OC(C)=O)[C@H](OC(C)=O)[C@@H]1F. The molecular formula is C10H15FO5. The summed E-state index contributed by atoms with van der Waals surface area (Å²) in [6, 6.07) is 0. The lowest BCUT2D eigenvalue weighted by Gasteiger charge is -2.18. The fraction of sp³-hybridized carbons (Fsp3) is 0.800. The van der Waals surface area contributed by atoms with Crippen LogP contribution in [-0.4, -0.2) is 36.6 Å². The molecule has 0 aromatic heterocycles. The highest BCUT2D eigenvalue weighted by Gasteiger charge is 2.48. The van der Waals surface area contributed by atoms with Crippen LogP contribution in [0.4, 0.5) is 4.39 Å². The Morgan fingerprint density at radius 2 is 1.81 bits per heavy atom. The molecule has 0 radical (unpaired) electrons. The zero-order chi connectivity index (χ0) is 12.3. The Labute approximate surface area is 92.8 Å². The van der Waals surface area contributed by atoms with Gasteiger partial charge in [-0.3, -0.25) is 9.59 Å². The predicted molar refractivity (Wildman–Crippen MR) is 51.2 cm³/mol. The number of hydrogen-bond acceptors (Lipinski definition) is 5. The summed E-state index contributed by atoms with van der Waals surface area (Å²) in [5.74, 6) is -1.24. The highest BCUT2D eigenvalue weighted by molar-refractivity contribution is 5.67. The van der Waals surface area contributed by atoms with Crippen molar-refractivity contribution in [3.63, 3.8) is 0 Å².